The summed E-state index contributed by atoms with van der Waals surface area (Å²) in [5, 5.41) is 0. The Morgan fingerprint density at radius 3 is 2.65 bits per heavy atom. The number of esters is 1. The largest absolute Gasteiger partial charge is 0.457 e. The second kappa shape index (κ2) is 8.44. The van der Waals surface area contributed by atoms with Crippen molar-refractivity contribution in [3.63, 3.8) is 0 Å². The lowest BCUT2D eigenvalue weighted by molar-refractivity contribution is -0.124. The van der Waals surface area contributed by atoms with Gasteiger partial charge in [-0.1, -0.05) is 44.2 Å². The third kappa shape index (κ3) is 3.53. The molecule has 2 aromatic rings. The first-order valence-electron chi connectivity index (χ1n) is 11.6. The van der Waals surface area contributed by atoms with Crippen molar-refractivity contribution in [2.24, 2.45) is 11.3 Å². The molecule has 176 valence electrons. The number of methoxy groups -OCH3 is 1. The van der Waals surface area contributed by atoms with Gasteiger partial charge >= 0.3 is 5.97 Å². The number of benzene rings is 1. The first-order chi connectivity index (χ1) is 16.3. The van der Waals surface area contributed by atoms with Gasteiger partial charge in [0.05, 0.1) is 12.8 Å². The van der Waals surface area contributed by atoms with E-state index in [2.05, 4.69) is 19.9 Å². The molecule has 0 fully saturated rings. The number of carbonyl (C=O) groups excluding carboxylic acids is 2. The van der Waals surface area contributed by atoms with E-state index in [1.165, 1.54) is 6.26 Å². The topological polar surface area (TPSA) is 69.0 Å². The number of nitrogens with zero attached hydrogens (tertiary/aromatic N) is 1. The Labute approximate surface area is 199 Å². The van der Waals surface area contributed by atoms with E-state index < -0.39 is 18.2 Å². The van der Waals surface area contributed by atoms with Crippen LogP contribution in [0.25, 0.3) is 0 Å². The van der Waals surface area contributed by atoms with E-state index >= 15 is 0 Å². The third-order valence-electron chi connectivity index (χ3n) is 7.70. The predicted octanol–water partition coefficient (Wildman–Crippen LogP) is 5.05. The van der Waals surface area contributed by atoms with Gasteiger partial charge in [0.15, 0.2) is 0 Å². The van der Waals surface area contributed by atoms with Gasteiger partial charge in [-0.2, -0.15) is 0 Å². The van der Waals surface area contributed by atoms with Crippen LogP contribution in [-0.4, -0.2) is 36.1 Å². The van der Waals surface area contributed by atoms with Crippen LogP contribution in [0.2, 0.25) is 0 Å². The average molecular weight is 460 g/mol. The fraction of sp³-hybridized carbons (Fsp3) is 0.357. The fourth-order valence-corrected chi connectivity index (χ4v) is 5.42. The van der Waals surface area contributed by atoms with Gasteiger partial charge in [-0.15, -0.1) is 0 Å². The summed E-state index contributed by atoms with van der Waals surface area (Å²) in [6.07, 6.45) is 5.44. The monoisotopic (exact) mass is 459 g/mol. The number of hydrogen-bond donors (Lipinski definition) is 0. The van der Waals surface area contributed by atoms with E-state index in [9.17, 15) is 9.59 Å². The lowest BCUT2D eigenvalue weighted by Crippen LogP contribution is -2.49. The van der Waals surface area contributed by atoms with Crippen LogP contribution in [0.5, 0.6) is 0 Å². The Balaban J connectivity index is 1.50. The van der Waals surface area contributed by atoms with Crippen LogP contribution in [0.3, 0.4) is 0 Å². The molecule has 0 spiro atoms. The summed E-state index contributed by atoms with van der Waals surface area (Å²) in [6.45, 7) is 6.71. The maximum absolute atomic E-state index is 13.2. The van der Waals surface area contributed by atoms with Crippen LogP contribution in [-0.2, 0) is 20.8 Å². The van der Waals surface area contributed by atoms with Crippen molar-refractivity contribution in [2.45, 2.75) is 45.9 Å². The minimum Gasteiger partial charge on any atom is -0.457 e. The van der Waals surface area contributed by atoms with Gasteiger partial charge in [0.1, 0.15) is 12.2 Å². The van der Waals surface area contributed by atoms with Crippen molar-refractivity contribution in [1.29, 1.82) is 0 Å². The zero-order valence-electron chi connectivity index (χ0n) is 19.9. The molecule has 3 aliphatic rings. The van der Waals surface area contributed by atoms with Crippen molar-refractivity contribution in [1.82, 2.24) is 4.90 Å². The molecule has 1 aromatic heterocycles. The van der Waals surface area contributed by atoms with E-state index in [1.54, 1.807) is 19.2 Å². The molecule has 0 saturated carbocycles. The Hall–Kier alpha value is -3.38. The molecular weight excluding hydrogens is 430 g/mol. The molecule has 6 nitrogen and oxygen atoms in total. The maximum atomic E-state index is 13.2. The lowest BCUT2D eigenvalue weighted by atomic mass is 9.59. The molecule has 1 amide bonds. The maximum Gasteiger partial charge on any atom is 0.374 e. The quantitative estimate of drug-likeness (QED) is 0.586. The highest BCUT2D eigenvalue weighted by Crippen LogP contribution is 2.55. The van der Waals surface area contributed by atoms with E-state index in [0.717, 1.165) is 28.0 Å². The summed E-state index contributed by atoms with van der Waals surface area (Å²) in [7, 11) is 1.62. The van der Waals surface area contributed by atoms with Crippen LogP contribution in [0.4, 0.5) is 0 Å². The smallest absolute Gasteiger partial charge is 0.374 e. The molecule has 1 aromatic carbocycles. The second-order valence-electron chi connectivity index (χ2n) is 9.56. The molecule has 0 bridgehead atoms. The molecule has 0 radical (unpaired) electrons. The van der Waals surface area contributed by atoms with Crippen LogP contribution >= 0.6 is 0 Å². The highest BCUT2D eigenvalue weighted by atomic mass is 16.6. The summed E-state index contributed by atoms with van der Waals surface area (Å²) in [5.41, 5.74) is 4.70. The summed E-state index contributed by atoms with van der Waals surface area (Å²) in [5.74, 6) is -0.335. The predicted molar refractivity (Wildman–Crippen MR) is 126 cm³/mol. The second-order valence-corrected chi connectivity index (χ2v) is 9.56. The van der Waals surface area contributed by atoms with Gasteiger partial charge in [-0.05, 0) is 54.3 Å². The van der Waals surface area contributed by atoms with Crippen molar-refractivity contribution < 1.29 is 23.5 Å². The van der Waals surface area contributed by atoms with Crippen LogP contribution in [0.1, 0.15) is 43.3 Å². The van der Waals surface area contributed by atoms with Crippen LogP contribution in [0, 0.1) is 11.3 Å². The van der Waals surface area contributed by atoms with E-state index in [1.807, 2.05) is 48.2 Å². The molecule has 34 heavy (non-hydrogen) atoms. The number of hydrogen-bond acceptors (Lipinski definition) is 5. The van der Waals surface area contributed by atoms with Crippen LogP contribution < -0.4 is 0 Å². The molecular formula is C28H29NO5. The van der Waals surface area contributed by atoms with Crippen molar-refractivity contribution in [3.8, 4) is 0 Å². The Morgan fingerprint density at radius 1 is 1.21 bits per heavy atom. The fourth-order valence-electron chi connectivity index (χ4n) is 5.42. The number of amides is 1. The number of furan rings is 1. The summed E-state index contributed by atoms with van der Waals surface area (Å²) >= 11 is 0. The van der Waals surface area contributed by atoms with Gasteiger partial charge in [-0.3, -0.25) is 4.79 Å². The van der Waals surface area contributed by atoms with Crippen molar-refractivity contribution in [3.05, 3.63) is 94.6 Å². The SMILES string of the molecule is CO[C@@H]1C=C2C=C3C(=C(C)C(=O)N3Cc3ccccc3)C[C@]2(C)[C@@H](C)[C@H]1OC(=O)c1ccco1. The molecule has 6 heteroatoms. The number of rotatable bonds is 5. The minimum atomic E-state index is -0.503. The third-order valence-corrected chi connectivity index (χ3v) is 7.70. The summed E-state index contributed by atoms with van der Waals surface area (Å²) < 4.78 is 16.9. The van der Waals surface area contributed by atoms with E-state index in [0.29, 0.717) is 13.0 Å². The molecule has 2 heterocycles. The molecule has 0 saturated heterocycles. The van der Waals surface area contributed by atoms with E-state index in [4.69, 9.17) is 13.9 Å². The van der Waals surface area contributed by atoms with Gasteiger partial charge in [0.2, 0.25) is 5.76 Å². The Kier molecular flexibility index (Phi) is 5.56. The molecule has 4 atom stereocenters. The number of ether oxygens (including phenoxy) is 2. The summed E-state index contributed by atoms with van der Waals surface area (Å²) in [6, 6.07) is 13.3. The lowest BCUT2D eigenvalue weighted by Gasteiger charge is -2.48. The molecule has 2 aliphatic carbocycles. The van der Waals surface area contributed by atoms with Crippen LogP contribution in [0.15, 0.2) is 87.7 Å². The van der Waals surface area contributed by atoms with Crippen molar-refractivity contribution in [2.75, 3.05) is 7.11 Å². The first-order valence-corrected chi connectivity index (χ1v) is 11.6. The molecule has 5 rings (SSSR count). The van der Waals surface area contributed by atoms with Crippen molar-refractivity contribution >= 4 is 11.9 Å². The number of fused-ring (bicyclic) bond motifs is 2. The van der Waals surface area contributed by atoms with Gasteiger partial charge in [0.25, 0.3) is 5.91 Å². The zero-order valence-corrected chi connectivity index (χ0v) is 19.9. The standard InChI is InChI=1S/C28H29NO5/c1-17-21-15-28(3)18(2)25(34-27(31)23-11-8-12-33-23)24(32-4)14-20(28)13-22(21)29(26(17)30)16-19-9-6-5-7-10-19/h5-14,18,24-25H,15-16H2,1-4H3/t18-,24+,25+,28+/m0/s1. The summed E-state index contributed by atoms with van der Waals surface area (Å²) in [4.78, 5) is 27.8. The van der Waals surface area contributed by atoms with Gasteiger partial charge in [0, 0.05) is 29.7 Å². The van der Waals surface area contributed by atoms with E-state index in [-0.39, 0.29) is 23.0 Å². The first kappa shape index (κ1) is 22.4. The van der Waals surface area contributed by atoms with Gasteiger partial charge < -0.3 is 18.8 Å². The molecule has 1 aliphatic heterocycles. The average Bonchev–Trinajstić information content (AvgIpc) is 3.45. The number of allylic oxidation sites excluding steroid dienone is 3. The Bertz CT molecular complexity index is 1210. The normalized spacial score (nSPS) is 28.3. The zero-order chi connectivity index (χ0) is 24.0. The molecule has 0 N–H and O–H groups in total. The highest BCUT2D eigenvalue weighted by Gasteiger charge is 2.51. The Morgan fingerprint density at radius 2 is 1.97 bits per heavy atom. The van der Waals surface area contributed by atoms with Gasteiger partial charge in [-0.25, -0.2) is 4.79 Å². The minimum absolute atomic E-state index is 0.0460. The number of carbonyl (C=O) groups is 2. The molecule has 0 unspecified atom stereocenters. The highest BCUT2D eigenvalue weighted by molar-refractivity contribution is 6.00.